The second kappa shape index (κ2) is 4.46. The Morgan fingerprint density at radius 2 is 2.20 bits per heavy atom. The molecule has 0 radical (unpaired) electrons. The summed E-state index contributed by atoms with van der Waals surface area (Å²) in [6.45, 7) is 0.173. The van der Waals surface area contributed by atoms with Gasteiger partial charge >= 0.3 is 5.97 Å². The summed E-state index contributed by atoms with van der Waals surface area (Å²) < 4.78 is 22.8. The summed E-state index contributed by atoms with van der Waals surface area (Å²) >= 11 is 0. The van der Waals surface area contributed by atoms with Crippen molar-refractivity contribution in [1.82, 2.24) is 0 Å². The first kappa shape index (κ1) is 11.7. The van der Waals surface area contributed by atoms with Crippen molar-refractivity contribution in [3.8, 4) is 5.75 Å². The van der Waals surface area contributed by atoms with Crippen LogP contribution < -0.4 is 4.74 Å². The van der Waals surface area contributed by atoms with Gasteiger partial charge in [-0.3, -0.25) is 0 Å². The van der Waals surface area contributed by atoms with E-state index in [1.165, 1.54) is 6.07 Å². The van der Waals surface area contributed by atoms with Crippen LogP contribution in [0.1, 0.15) is 15.9 Å². The highest BCUT2D eigenvalue weighted by atomic mass is 35.5. The number of hydrogen-bond acceptors (Lipinski definition) is 3. The Morgan fingerprint density at radius 1 is 1.47 bits per heavy atom. The van der Waals surface area contributed by atoms with Crippen molar-refractivity contribution in [2.75, 3.05) is 6.79 Å². The molecule has 1 aromatic rings. The number of rotatable bonds is 1. The molecule has 1 aromatic carbocycles. The zero-order valence-electron chi connectivity index (χ0n) is 7.53. The van der Waals surface area contributed by atoms with E-state index in [1.54, 1.807) is 0 Å². The van der Waals surface area contributed by atoms with Gasteiger partial charge in [0.2, 0.25) is 0 Å². The maximum Gasteiger partial charge on any atom is 0.339 e. The Labute approximate surface area is 91.0 Å². The Hall–Kier alpha value is -1.33. The van der Waals surface area contributed by atoms with Crippen molar-refractivity contribution < 1.29 is 23.8 Å². The van der Waals surface area contributed by atoms with E-state index in [0.29, 0.717) is 5.56 Å². The van der Waals surface area contributed by atoms with Crippen LogP contribution in [0.5, 0.6) is 5.75 Å². The quantitative estimate of drug-likeness (QED) is 0.805. The van der Waals surface area contributed by atoms with Crippen molar-refractivity contribution in [1.29, 1.82) is 0 Å². The lowest BCUT2D eigenvalue weighted by Crippen LogP contribution is -2.15. The first-order valence-electron chi connectivity index (χ1n) is 3.95. The first-order valence-corrected chi connectivity index (χ1v) is 3.95. The van der Waals surface area contributed by atoms with E-state index in [4.69, 9.17) is 14.6 Å². The number of carboxylic acids is 1. The lowest BCUT2D eigenvalue weighted by molar-refractivity contribution is -0.0173. The summed E-state index contributed by atoms with van der Waals surface area (Å²) in [6, 6.07) is 2.15. The van der Waals surface area contributed by atoms with Crippen LogP contribution >= 0.6 is 12.4 Å². The normalized spacial score (nSPS) is 13.4. The maximum atomic E-state index is 12.9. The molecule has 1 aliphatic rings. The van der Waals surface area contributed by atoms with E-state index in [-0.39, 0.29) is 37.1 Å². The van der Waals surface area contributed by atoms with Gasteiger partial charge in [-0.05, 0) is 12.1 Å². The minimum atomic E-state index is -1.21. The van der Waals surface area contributed by atoms with Crippen molar-refractivity contribution in [2.24, 2.45) is 0 Å². The summed E-state index contributed by atoms with van der Waals surface area (Å²) in [5, 5.41) is 8.78. The molecule has 0 aromatic heterocycles. The summed E-state index contributed by atoms with van der Waals surface area (Å²) in [4.78, 5) is 10.7. The molecule has 0 fully saturated rings. The predicted octanol–water partition coefficient (Wildman–Crippen LogP) is 1.81. The first-order chi connectivity index (χ1) is 6.68. The van der Waals surface area contributed by atoms with Crippen LogP contribution in [0.4, 0.5) is 4.39 Å². The molecule has 0 spiro atoms. The van der Waals surface area contributed by atoms with Gasteiger partial charge in [0.05, 0.1) is 6.61 Å². The average Bonchev–Trinajstić information content (AvgIpc) is 2.16. The van der Waals surface area contributed by atoms with Gasteiger partial charge in [-0.2, -0.15) is 0 Å². The monoisotopic (exact) mass is 234 g/mol. The highest BCUT2D eigenvalue weighted by molar-refractivity contribution is 5.91. The fourth-order valence-electron chi connectivity index (χ4n) is 1.34. The number of carboxylic acid groups (broad SMARTS) is 1. The average molecular weight is 235 g/mol. The number of ether oxygens (including phenoxy) is 2. The van der Waals surface area contributed by atoms with Crippen molar-refractivity contribution in [2.45, 2.75) is 6.61 Å². The van der Waals surface area contributed by atoms with Crippen molar-refractivity contribution in [3.63, 3.8) is 0 Å². The smallest absolute Gasteiger partial charge is 0.339 e. The zero-order valence-corrected chi connectivity index (χ0v) is 8.34. The Bertz CT molecular complexity index is 394. The molecule has 4 nitrogen and oxygen atoms in total. The molecule has 82 valence electrons. The van der Waals surface area contributed by atoms with Crippen molar-refractivity contribution >= 4 is 18.4 Å². The van der Waals surface area contributed by atoms with E-state index in [2.05, 4.69) is 0 Å². The second-order valence-corrected chi connectivity index (χ2v) is 2.86. The van der Waals surface area contributed by atoms with Gasteiger partial charge in [-0.1, -0.05) is 0 Å². The SMILES string of the molecule is Cl.O=C(O)c1cc(F)cc2c1OCOC2. The van der Waals surface area contributed by atoms with Crippen LogP contribution in [-0.2, 0) is 11.3 Å². The largest absolute Gasteiger partial charge is 0.478 e. The number of halogens is 2. The molecule has 0 saturated heterocycles. The fourth-order valence-corrected chi connectivity index (χ4v) is 1.34. The molecule has 1 aliphatic heterocycles. The Morgan fingerprint density at radius 3 is 2.87 bits per heavy atom. The van der Waals surface area contributed by atoms with Crippen LogP contribution in [0.25, 0.3) is 0 Å². The highest BCUT2D eigenvalue weighted by Gasteiger charge is 2.20. The van der Waals surface area contributed by atoms with E-state index < -0.39 is 11.8 Å². The minimum Gasteiger partial charge on any atom is -0.478 e. The van der Waals surface area contributed by atoms with E-state index in [9.17, 15) is 9.18 Å². The number of aromatic carboxylic acids is 1. The van der Waals surface area contributed by atoms with Gasteiger partial charge < -0.3 is 14.6 Å². The minimum absolute atomic E-state index is 0. The molecule has 1 N–H and O–H groups in total. The van der Waals surface area contributed by atoms with Crippen molar-refractivity contribution in [3.05, 3.63) is 29.1 Å². The molecule has 15 heavy (non-hydrogen) atoms. The molecule has 0 amide bonds. The van der Waals surface area contributed by atoms with Crippen LogP contribution in [0.3, 0.4) is 0 Å². The van der Waals surface area contributed by atoms with Crippen LogP contribution in [0.2, 0.25) is 0 Å². The van der Waals surface area contributed by atoms with E-state index in [1.807, 2.05) is 0 Å². The summed E-state index contributed by atoms with van der Waals surface area (Å²) in [7, 11) is 0. The predicted molar refractivity (Wildman–Crippen MR) is 50.9 cm³/mol. The van der Waals surface area contributed by atoms with Crippen LogP contribution in [0, 0.1) is 5.82 Å². The summed E-state index contributed by atoms with van der Waals surface area (Å²) in [6.07, 6.45) is 0. The molecular formula is C9H8ClFO4. The number of hydrogen-bond donors (Lipinski definition) is 1. The molecule has 6 heteroatoms. The standard InChI is InChI=1S/C9H7FO4.ClH/c10-6-1-5-3-13-4-14-8(5)7(2-6)9(11)12;/h1-2H,3-4H2,(H,11,12);1H. The molecule has 2 rings (SSSR count). The number of benzene rings is 1. The molecular weight excluding hydrogens is 227 g/mol. The Kier molecular flexibility index (Phi) is 3.49. The molecule has 0 saturated carbocycles. The summed E-state index contributed by atoms with van der Waals surface area (Å²) in [5.74, 6) is -1.61. The van der Waals surface area contributed by atoms with Gasteiger partial charge in [-0.25, -0.2) is 9.18 Å². The maximum absolute atomic E-state index is 12.9. The van der Waals surface area contributed by atoms with Gasteiger partial charge in [-0.15, -0.1) is 12.4 Å². The number of carbonyl (C=O) groups is 1. The van der Waals surface area contributed by atoms with Gasteiger partial charge in [0, 0.05) is 5.56 Å². The third-order valence-electron chi connectivity index (χ3n) is 1.91. The zero-order chi connectivity index (χ0) is 10.1. The lowest BCUT2D eigenvalue weighted by Gasteiger charge is -2.19. The van der Waals surface area contributed by atoms with Crippen LogP contribution in [0.15, 0.2) is 12.1 Å². The van der Waals surface area contributed by atoms with Gasteiger partial charge in [0.1, 0.15) is 17.1 Å². The molecule has 0 atom stereocenters. The third-order valence-corrected chi connectivity index (χ3v) is 1.91. The molecule has 0 bridgehead atoms. The second-order valence-electron chi connectivity index (χ2n) is 2.86. The lowest BCUT2D eigenvalue weighted by atomic mass is 10.1. The third kappa shape index (κ3) is 2.19. The molecule has 1 heterocycles. The van der Waals surface area contributed by atoms with E-state index >= 15 is 0 Å². The van der Waals surface area contributed by atoms with Gasteiger partial charge in [0.15, 0.2) is 6.79 Å². The van der Waals surface area contributed by atoms with Crippen LogP contribution in [-0.4, -0.2) is 17.9 Å². The Balaban J connectivity index is 0.00000112. The highest BCUT2D eigenvalue weighted by Crippen LogP contribution is 2.29. The van der Waals surface area contributed by atoms with E-state index in [0.717, 1.165) is 6.07 Å². The summed E-state index contributed by atoms with van der Waals surface area (Å²) in [5.41, 5.74) is 0.261. The number of fused-ring (bicyclic) bond motifs is 1. The fraction of sp³-hybridized carbons (Fsp3) is 0.222. The molecule has 0 unspecified atom stereocenters. The van der Waals surface area contributed by atoms with Gasteiger partial charge in [0.25, 0.3) is 0 Å². The molecule has 0 aliphatic carbocycles. The topological polar surface area (TPSA) is 55.8 Å².